The second kappa shape index (κ2) is 3.80. The Balaban J connectivity index is 1.95. The minimum absolute atomic E-state index is 0.0948. The first-order valence-corrected chi connectivity index (χ1v) is 6.00. The summed E-state index contributed by atoms with van der Waals surface area (Å²) in [6.07, 6.45) is 3.04. The fourth-order valence-electron chi connectivity index (χ4n) is 2.77. The van der Waals surface area contributed by atoms with Gasteiger partial charge in [-0.25, -0.2) is 9.67 Å². The van der Waals surface area contributed by atoms with E-state index >= 15 is 0 Å². The molecule has 1 spiro atoms. The van der Waals surface area contributed by atoms with Gasteiger partial charge in [-0.3, -0.25) is 4.79 Å². The fraction of sp³-hybridized carbons (Fsp3) is 0.727. The molecular formula is C11H16N4O2. The topological polar surface area (TPSA) is 69.0 Å². The third kappa shape index (κ3) is 1.55. The van der Waals surface area contributed by atoms with E-state index < -0.39 is 0 Å². The van der Waals surface area contributed by atoms with Gasteiger partial charge in [-0.05, 0) is 19.3 Å². The summed E-state index contributed by atoms with van der Waals surface area (Å²) in [5.41, 5.74) is 0.0948. The van der Waals surface area contributed by atoms with Crippen LogP contribution in [0.2, 0.25) is 0 Å². The molecule has 0 bridgehead atoms. The van der Waals surface area contributed by atoms with E-state index in [1.807, 2.05) is 4.68 Å². The maximum atomic E-state index is 11.5. The maximum absolute atomic E-state index is 11.5. The molecular weight excluding hydrogens is 220 g/mol. The van der Waals surface area contributed by atoms with Crippen molar-refractivity contribution in [3.05, 3.63) is 11.6 Å². The number of ether oxygens (including phenoxy) is 1. The Hall–Kier alpha value is -1.43. The van der Waals surface area contributed by atoms with Crippen molar-refractivity contribution in [1.82, 2.24) is 20.1 Å². The lowest BCUT2D eigenvalue weighted by atomic mass is 9.78. The van der Waals surface area contributed by atoms with Crippen molar-refractivity contribution in [2.24, 2.45) is 0 Å². The number of carbonyl (C=O) groups excluding carboxylic acids is 1. The van der Waals surface area contributed by atoms with Crippen LogP contribution in [0.4, 0.5) is 0 Å². The van der Waals surface area contributed by atoms with Gasteiger partial charge < -0.3 is 10.1 Å². The highest BCUT2D eigenvalue weighted by Crippen LogP contribution is 2.41. The van der Waals surface area contributed by atoms with Crippen LogP contribution in [-0.4, -0.2) is 40.9 Å². The van der Waals surface area contributed by atoms with E-state index in [9.17, 15) is 4.79 Å². The molecule has 1 saturated heterocycles. The number of nitrogens with one attached hydrogen (secondary N) is 1. The van der Waals surface area contributed by atoms with Gasteiger partial charge in [0.2, 0.25) is 5.82 Å². The number of fused-ring (bicyclic) bond motifs is 2. The molecule has 0 radical (unpaired) electrons. The Morgan fingerprint density at radius 1 is 1.41 bits per heavy atom. The monoisotopic (exact) mass is 236 g/mol. The van der Waals surface area contributed by atoms with Gasteiger partial charge in [-0.15, -0.1) is 5.10 Å². The van der Waals surface area contributed by atoms with E-state index in [2.05, 4.69) is 15.4 Å². The van der Waals surface area contributed by atoms with Crippen molar-refractivity contribution < 1.29 is 9.53 Å². The van der Waals surface area contributed by atoms with Gasteiger partial charge in [0.25, 0.3) is 5.91 Å². The average molecular weight is 236 g/mol. The van der Waals surface area contributed by atoms with Crippen LogP contribution in [0.3, 0.4) is 0 Å². The summed E-state index contributed by atoms with van der Waals surface area (Å²) >= 11 is 0. The Kier molecular flexibility index (Phi) is 2.39. The standard InChI is InChI=1S/C11H16N4O2/c1-12-9(16)8-13-10-11(2-5-15(10)14-8)3-6-17-7-4-11/h2-7H2,1H3,(H,12,16). The zero-order valence-electron chi connectivity index (χ0n) is 9.90. The number of nitrogens with zero attached hydrogens (tertiary/aromatic N) is 3. The summed E-state index contributed by atoms with van der Waals surface area (Å²) in [6.45, 7) is 2.42. The van der Waals surface area contributed by atoms with Crippen molar-refractivity contribution in [2.75, 3.05) is 20.3 Å². The highest BCUT2D eigenvalue weighted by Gasteiger charge is 2.43. The Morgan fingerprint density at radius 3 is 2.88 bits per heavy atom. The molecule has 0 atom stereocenters. The number of hydrogen-bond acceptors (Lipinski definition) is 4. The van der Waals surface area contributed by atoms with Crippen molar-refractivity contribution in [2.45, 2.75) is 31.2 Å². The molecule has 2 aliphatic rings. The lowest BCUT2D eigenvalue weighted by Gasteiger charge is -2.31. The summed E-state index contributed by atoms with van der Waals surface area (Å²) in [5, 5.41) is 6.82. The molecule has 0 aliphatic carbocycles. The molecule has 0 unspecified atom stereocenters. The summed E-state index contributed by atoms with van der Waals surface area (Å²) < 4.78 is 7.29. The highest BCUT2D eigenvalue weighted by atomic mass is 16.5. The number of carbonyl (C=O) groups is 1. The minimum atomic E-state index is -0.214. The van der Waals surface area contributed by atoms with E-state index in [0.717, 1.165) is 44.8 Å². The molecule has 6 nitrogen and oxygen atoms in total. The second-order valence-corrected chi connectivity index (χ2v) is 4.70. The number of aryl methyl sites for hydroxylation is 1. The van der Waals surface area contributed by atoms with Gasteiger partial charge in [0.1, 0.15) is 5.82 Å². The van der Waals surface area contributed by atoms with Crippen LogP contribution in [0, 0.1) is 0 Å². The van der Waals surface area contributed by atoms with Crippen LogP contribution < -0.4 is 5.32 Å². The minimum Gasteiger partial charge on any atom is -0.381 e. The molecule has 92 valence electrons. The summed E-state index contributed by atoms with van der Waals surface area (Å²) in [7, 11) is 1.60. The highest BCUT2D eigenvalue weighted by molar-refractivity contribution is 5.90. The first kappa shape index (κ1) is 10.7. The van der Waals surface area contributed by atoms with E-state index in [1.54, 1.807) is 7.05 Å². The number of rotatable bonds is 1. The lowest BCUT2D eigenvalue weighted by Crippen LogP contribution is -2.32. The van der Waals surface area contributed by atoms with Crippen LogP contribution in [0.5, 0.6) is 0 Å². The van der Waals surface area contributed by atoms with Crippen molar-refractivity contribution in [1.29, 1.82) is 0 Å². The van der Waals surface area contributed by atoms with E-state index in [0.29, 0.717) is 0 Å². The number of aromatic nitrogens is 3. The largest absolute Gasteiger partial charge is 0.381 e. The second-order valence-electron chi connectivity index (χ2n) is 4.70. The van der Waals surface area contributed by atoms with E-state index in [1.165, 1.54) is 0 Å². The quantitative estimate of drug-likeness (QED) is 0.750. The van der Waals surface area contributed by atoms with Crippen LogP contribution in [-0.2, 0) is 16.7 Å². The van der Waals surface area contributed by atoms with Crippen LogP contribution >= 0.6 is 0 Å². The molecule has 17 heavy (non-hydrogen) atoms. The fourth-order valence-corrected chi connectivity index (χ4v) is 2.77. The zero-order chi connectivity index (χ0) is 11.9. The van der Waals surface area contributed by atoms with E-state index in [-0.39, 0.29) is 17.1 Å². The molecule has 3 rings (SSSR count). The van der Waals surface area contributed by atoms with E-state index in [4.69, 9.17) is 4.74 Å². The van der Waals surface area contributed by atoms with Crippen LogP contribution in [0.1, 0.15) is 35.7 Å². The van der Waals surface area contributed by atoms with Gasteiger partial charge in [0.15, 0.2) is 0 Å². The average Bonchev–Trinajstić information content (AvgIpc) is 2.92. The van der Waals surface area contributed by atoms with Gasteiger partial charge in [-0.2, -0.15) is 0 Å². The molecule has 0 aromatic carbocycles. The predicted octanol–water partition coefficient (Wildman–Crippen LogP) is 0.0896. The molecule has 1 amide bonds. The molecule has 1 fully saturated rings. The maximum Gasteiger partial charge on any atom is 0.290 e. The molecule has 1 aromatic rings. The molecule has 6 heteroatoms. The molecule has 2 aliphatic heterocycles. The Labute approximate surface area is 99.4 Å². The molecule has 1 aromatic heterocycles. The lowest BCUT2D eigenvalue weighted by molar-refractivity contribution is 0.0492. The van der Waals surface area contributed by atoms with Crippen LogP contribution in [0.15, 0.2) is 0 Å². The zero-order valence-corrected chi connectivity index (χ0v) is 9.90. The molecule has 3 heterocycles. The predicted molar refractivity (Wildman–Crippen MR) is 59.8 cm³/mol. The van der Waals surface area contributed by atoms with Gasteiger partial charge in [0, 0.05) is 32.2 Å². The van der Waals surface area contributed by atoms with Crippen molar-refractivity contribution >= 4 is 5.91 Å². The third-order valence-electron chi connectivity index (χ3n) is 3.83. The normalized spacial score (nSPS) is 21.5. The number of hydrogen-bond donors (Lipinski definition) is 1. The van der Waals surface area contributed by atoms with Gasteiger partial charge in [-0.1, -0.05) is 0 Å². The molecule has 0 saturated carbocycles. The first-order chi connectivity index (χ1) is 8.25. The molecule has 1 N–H and O–H groups in total. The summed E-state index contributed by atoms with van der Waals surface area (Å²) in [5.74, 6) is 1.04. The summed E-state index contributed by atoms with van der Waals surface area (Å²) in [6, 6.07) is 0. The smallest absolute Gasteiger partial charge is 0.290 e. The number of amides is 1. The van der Waals surface area contributed by atoms with Gasteiger partial charge >= 0.3 is 0 Å². The SMILES string of the molecule is CNC(=O)c1nc2n(n1)CCC21CCOCC1. The Bertz CT molecular complexity index is 448. The summed E-state index contributed by atoms with van der Waals surface area (Å²) in [4.78, 5) is 15.9. The van der Waals surface area contributed by atoms with Crippen LogP contribution in [0.25, 0.3) is 0 Å². The van der Waals surface area contributed by atoms with Crippen molar-refractivity contribution in [3.8, 4) is 0 Å². The third-order valence-corrected chi connectivity index (χ3v) is 3.83. The van der Waals surface area contributed by atoms with Crippen molar-refractivity contribution in [3.63, 3.8) is 0 Å². The Morgan fingerprint density at radius 2 is 2.18 bits per heavy atom. The first-order valence-electron chi connectivity index (χ1n) is 6.00. The van der Waals surface area contributed by atoms with Gasteiger partial charge in [0.05, 0.1) is 0 Å².